The van der Waals surface area contributed by atoms with E-state index in [1.807, 2.05) is 0 Å². The third-order valence-electron chi connectivity index (χ3n) is 3.72. The molecule has 0 unspecified atom stereocenters. The second-order valence-electron chi connectivity index (χ2n) is 5.07. The number of rotatable bonds is 8. The fourth-order valence-electron chi connectivity index (χ4n) is 2.48. The molecule has 16 heavy (non-hydrogen) atoms. The van der Waals surface area contributed by atoms with Crippen LogP contribution in [0.5, 0.6) is 0 Å². The highest BCUT2D eigenvalue weighted by Gasteiger charge is 2.37. The van der Waals surface area contributed by atoms with Gasteiger partial charge in [-0.3, -0.25) is 4.79 Å². The second kappa shape index (κ2) is 6.24. The quantitative estimate of drug-likeness (QED) is 0.670. The number of nitrogens with one attached hydrogen (secondary N) is 1. The lowest BCUT2D eigenvalue weighted by atomic mass is 9.83. The van der Waals surface area contributed by atoms with E-state index in [-0.39, 0.29) is 0 Å². The Bertz CT molecular complexity index is 218. The summed E-state index contributed by atoms with van der Waals surface area (Å²) >= 11 is 0. The zero-order valence-corrected chi connectivity index (χ0v) is 10.6. The predicted molar refractivity (Wildman–Crippen MR) is 65.5 cm³/mol. The lowest BCUT2D eigenvalue weighted by Gasteiger charge is -2.34. The Labute approximate surface area is 98.6 Å². The fourth-order valence-corrected chi connectivity index (χ4v) is 2.48. The molecule has 1 rings (SSSR count). The number of hydrogen-bond acceptors (Lipinski definition) is 2. The van der Waals surface area contributed by atoms with Crippen LogP contribution in [0.15, 0.2) is 0 Å². The van der Waals surface area contributed by atoms with Crippen molar-refractivity contribution in [1.82, 2.24) is 5.32 Å². The molecule has 3 heteroatoms. The average molecular weight is 227 g/mol. The van der Waals surface area contributed by atoms with Crippen LogP contribution < -0.4 is 5.32 Å². The third-order valence-corrected chi connectivity index (χ3v) is 3.72. The van der Waals surface area contributed by atoms with Crippen molar-refractivity contribution in [2.75, 3.05) is 6.54 Å². The van der Waals surface area contributed by atoms with Gasteiger partial charge >= 0.3 is 5.97 Å². The summed E-state index contributed by atoms with van der Waals surface area (Å²) in [6.45, 7) is 4.99. The summed E-state index contributed by atoms with van der Waals surface area (Å²) in [6, 6.07) is 0. The van der Waals surface area contributed by atoms with Gasteiger partial charge in [0.2, 0.25) is 0 Å². The van der Waals surface area contributed by atoms with Gasteiger partial charge in [0.05, 0.1) is 0 Å². The summed E-state index contributed by atoms with van der Waals surface area (Å²) in [5, 5.41) is 12.8. The molecule has 94 valence electrons. The summed E-state index contributed by atoms with van der Waals surface area (Å²) in [5.74, 6) is 0.0444. The van der Waals surface area contributed by atoms with Crippen molar-refractivity contribution < 1.29 is 9.90 Å². The molecular weight excluding hydrogens is 202 g/mol. The van der Waals surface area contributed by atoms with Gasteiger partial charge in [0, 0.05) is 0 Å². The first-order valence-electron chi connectivity index (χ1n) is 6.63. The SMILES string of the molecule is CCCC(CCC)(NCC1CCC1)C(=O)O. The maximum atomic E-state index is 11.5. The third kappa shape index (κ3) is 3.21. The molecule has 0 spiro atoms. The van der Waals surface area contributed by atoms with Crippen molar-refractivity contribution in [3.8, 4) is 0 Å². The van der Waals surface area contributed by atoms with E-state index in [1.54, 1.807) is 0 Å². The van der Waals surface area contributed by atoms with E-state index < -0.39 is 11.5 Å². The van der Waals surface area contributed by atoms with E-state index >= 15 is 0 Å². The molecule has 1 fully saturated rings. The maximum Gasteiger partial charge on any atom is 0.323 e. The van der Waals surface area contributed by atoms with Gasteiger partial charge in [0.15, 0.2) is 0 Å². The Balaban J connectivity index is 2.54. The first kappa shape index (κ1) is 13.5. The molecule has 0 aromatic carbocycles. The number of carbonyl (C=O) groups is 1. The number of carboxylic acid groups (broad SMARTS) is 1. The molecule has 0 heterocycles. The highest BCUT2D eigenvalue weighted by atomic mass is 16.4. The fraction of sp³-hybridized carbons (Fsp3) is 0.923. The van der Waals surface area contributed by atoms with Gasteiger partial charge in [-0.2, -0.15) is 0 Å². The van der Waals surface area contributed by atoms with Gasteiger partial charge < -0.3 is 10.4 Å². The molecule has 0 aliphatic heterocycles. The molecule has 0 atom stereocenters. The summed E-state index contributed by atoms with van der Waals surface area (Å²) in [6.07, 6.45) is 7.16. The number of aliphatic carboxylic acids is 1. The van der Waals surface area contributed by atoms with Gasteiger partial charge in [-0.25, -0.2) is 0 Å². The van der Waals surface area contributed by atoms with Crippen LogP contribution in [0.2, 0.25) is 0 Å². The van der Waals surface area contributed by atoms with Crippen LogP contribution in [0.1, 0.15) is 58.8 Å². The smallest absolute Gasteiger partial charge is 0.323 e. The standard InChI is InChI=1S/C13H25NO2/c1-3-8-13(9-4-2,12(15)16)14-10-11-6-5-7-11/h11,14H,3-10H2,1-2H3,(H,15,16). The van der Waals surface area contributed by atoms with Gasteiger partial charge in [-0.05, 0) is 38.1 Å². The average Bonchev–Trinajstić information content (AvgIpc) is 2.15. The lowest BCUT2D eigenvalue weighted by Crippen LogP contribution is -2.53. The highest BCUT2D eigenvalue weighted by Crippen LogP contribution is 2.27. The topological polar surface area (TPSA) is 49.3 Å². The zero-order valence-electron chi connectivity index (χ0n) is 10.6. The van der Waals surface area contributed by atoms with E-state index in [0.717, 1.165) is 32.2 Å². The Kier molecular flexibility index (Phi) is 5.26. The first-order chi connectivity index (χ1) is 7.64. The van der Waals surface area contributed by atoms with Gasteiger partial charge in [0.25, 0.3) is 0 Å². The molecule has 1 aliphatic rings. The monoisotopic (exact) mass is 227 g/mol. The molecule has 2 N–H and O–H groups in total. The van der Waals surface area contributed by atoms with Crippen LogP contribution in [0, 0.1) is 5.92 Å². The Morgan fingerprint density at radius 3 is 2.19 bits per heavy atom. The Hall–Kier alpha value is -0.570. The van der Waals surface area contributed by atoms with Gasteiger partial charge in [-0.15, -0.1) is 0 Å². The molecule has 3 nitrogen and oxygen atoms in total. The Morgan fingerprint density at radius 1 is 1.31 bits per heavy atom. The lowest BCUT2D eigenvalue weighted by molar-refractivity contribution is -0.145. The van der Waals surface area contributed by atoms with Crippen molar-refractivity contribution in [1.29, 1.82) is 0 Å². The molecule has 0 amide bonds. The molecule has 0 saturated heterocycles. The van der Waals surface area contributed by atoms with Gasteiger partial charge in [-0.1, -0.05) is 33.1 Å². The van der Waals surface area contributed by atoms with Crippen molar-refractivity contribution in [3.63, 3.8) is 0 Å². The second-order valence-corrected chi connectivity index (χ2v) is 5.07. The number of hydrogen-bond donors (Lipinski definition) is 2. The van der Waals surface area contributed by atoms with Gasteiger partial charge in [0.1, 0.15) is 5.54 Å². The van der Waals surface area contributed by atoms with Crippen molar-refractivity contribution in [2.24, 2.45) is 5.92 Å². The minimum Gasteiger partial charge on any atom is -0.480 e. The summed E-state index contributed by atoms with van der Waals surface area (Å²) < 4.78 is 0. The molecule has 0 aromatic rings. The first-order valence-corrected chi connectivity index (χ1v) is 6.63. The summed E-state index contributed by atoms with van der Waals surface area (Å²) in [5.41, 5.74) is -0.668. The van der Waals surface area contributed by atoms with E-state index in [1.165, 1.54) is 19.3 Å². The Morgan fingerprint density at radius 2 is 1.88 bits per heavy atom. The van der Waals surface area contributed by atoms with Crippen LogP contribution in [0.25, 0.3) is 0 Å². The van der Waals surface area contributed by atoms with Crippen LogP contribution >= 0.6 is 0 Å². The van der Waals surface area contributed by atoms with Crippen molar-refractivity contribution >= 4 is 5.97 Å². The molecule has 0 radical (unpaired) electrons. The minimum atomic E-state index is -0.671. The highest BCUT2D eigenvalue weighted by molar-refractivity contribution is 5.78. The molecule has 1 aliphatic carbocycles. The molecule has 1 saturated carbocycles. The normalized spacial score (nSPS) is 17.1. The summed E-state index contributed by atoms with van der Waals surface area (Å²) in [4.78, 5) is 11.5. The molecule has 0 aromatic heterocycles. The van der Waals surface area contributed by atoms with Crippen LogP contribution in [0.3, 0.4) is 0 Å². The largest absolute Gasteiger partial charge is 0.480 e. The number of carboxylic acids is 1. The molecule has 0 bridgehead atoms. The van der Waals surface area contributed by atoms with Crippen molar-refractivity contribution in [3.05, 3.63) is 0 Å². The minimum absolute atomic E-state index is 0.668. The summed E-state index contributed by atoms with van der Waals surface area (Å²) in [7, 11) is 0. The predicted octanol–water partition coefficient (Wildman–Crippen LogP) is 2.80. The molecular formula is C13H25NO2. The van der Waals surface area contributed by atoms with Crippen LogP contribution in [-0.4, -0.2) is 23.2 Å². The zero-order chi connectivity index (χ0) is 12.0. The maximum absolute atomic E-state index is 11.5. The van der Waals surface area contributed by atoms with E-state index in [2.05, 4.69) is 19.2 Å². The van der Waals surface area contributed by atoms with Crippen molar-refractivity contribution in [2.45, 2.75) is 64.3 Å². The van der Waals surface area contributed by atoms with E-state index in [9.17, 15) is 9.90 Å². The van der Waals surface area contributed by atoms with Crippen LogP contribution in [-0.2, 0) is 4.79 Å². The van der Waals surface area contributed by atoms with E-state index in [4.69, 9.17) is 0 Å². The van der Waals surface area contributed by atoms with E-state index in [0.29, 0.717) is 5.92 Å². The van der Waals surface area contributed by atoms with Crippen LogP contribution in [0.4, 0.5) is 0 Å².